The van der Waals surface area contributed by atoms with Crippen LogP contribution in [-0.2, 0) is 6.61 Å². The lowest BCUT2D eigenvalue weighted by Crippen LogP contribution is -2.00. The number of hydrogen-bond acceptors (Lipinski definition) is 4. The molecule has 0 saturated heterocycles. The first-order valence-corrected chi connectivity index (χ1v) is 9.46. The molecule has 1 heterocycles. The van der Waals surface area contributed by atoms with Crippen molar-refractivity contribution in [1.82, 2.24) is 0 Å². The number of Topliss-reactive ketones (excluding diaryl/α,β-unsaturated/α-hetero) is 1. The smallest absolute Gasteiger partial charge is 0.231 e. The van der Waals surface area contributed by atoms with E-state index < -0.39 is 0 Å². The van der Waals surface area contributed by atoms with Gasteiger partial charge in [-0.05, 0) is 43.7 Å². The van der Waals surface area contributed by atoms with E-state index in [1.807, 2.05) is 68.4 Å². The number of ether oxygens (including phenoxy) is 3. The normalized spacial score (nSPS) is 13.9. The Balaban J connectivity index is 1.57. The molecule has 3 aromatic rings. The number of para-hydroxylation sites is 1. The summed E-state index contributed by atoms with van der Waals surface area (Å²) in [6.45, 7) is 4.29. The minimum atomic E-state index is -0.111. The van der Waals surface area contributed by atoms with Gasteiger partial charge in [0.25, 0.3) is 0 Å². The van der Waals surface area contributed by atoms with E-state index in [4.69, 9.17) is 14.2 Å². The highest BCUT2D eigenvalue weighted by Gasteiger charge is 2.30. The molecule has 1 aliphatic heterocycles. The maximum absolute atomic E-state index is 12.7. The topological polar surface area (TPSA) is 44.8 Å². The van der Waals surface area contributed by atoms with Crippen LogP contribution in [0.5, 0.6) is 17.2 Å². The molecule has 4 rings (SSSR count). The fourth-order valence-corrected chi connectivity index (χ4v) is 3.32. The second-order valence-corrected chi connectivity index (χ2v) is 7.02. The summed E-state index contributed by atoms with van der Waals surface area (Å²) in [5, 5.41) is 0. The van der Waals surface area contributed by atoms with Crippen molar-refractivity contribution < 1.29 is 19.0 Å². The standard InChI is InChI=1S/C25H22O4/c1-16-8-10-18(11-9-16)14-23-24(26)20-12-13-21(17(2)25(20)29-23)28-15-19-6-4-5-7-22(19)27-3/h4-14H,15H2,1-3H3/b23-14-. The summed E-state index contributed by atoms with van der Waals surface area (Å²) in [6, 6.07) is 19.3. The molecule has 0 amide bonds. The van der Waals surface area contributed by atoms with E-state index in [9.17, 15) is 4.79 Å². The Labute approximate surface area is 170 Å². The SMILES string of the molecule is COc1ccccc1COc1ccc2c(c1C)O/C(=C\c1ccc(C)cc1)C2=O. The summed E-state index contributed by atoms with van der Waals surface area (Å²) < 4.78 is 17.3. The van der Waals surface area contributed by atoms with Crippen LogP contribution in [-0.4, -0.2) is 12.9 Å². The number of fused-ring (bicyclic) bond motifs is 1. The Morgan fingerprint density at radius 1 is 0.931 bits per heavy atom. The summed E-state index contributed by atoms with van der Waals surface area (Å²) in [5.41, 5.74) is 4.41. The van der Waals surface area contributed by atoms with E-state index in [-0.39, 0.29) is 5.78 Å². The maximum atomic E-state index is 12.7. The quantitative estimate of drug-likeness (QED) is 0.543. The average molecular weight is 386 g/mol. The third-order valence-electron chi connectivity index (χ3n) is 4.99. The third-order valence-corrected chi connectivity index (χ3v) is 4.99. The predicted molar refractivity (Wildman–Crippen MR) is 113 cm³/mol. The van der Waals surface area contributed by atoms with Crippen molar-refractivity contribution in [3.63, 3.8) is 0 Å². The van der Waals surface area contributed by atoms with Crippen molar-refractivity contribution in [2.45, 2.75) is 20.5 Å². The molecule has 29 heavy (non-hydrogen) atoms. The molecule has 146 valence electrons. The summed E-state index contributed by atoms with van der Waals surface area (Å²) in [4.78, 5) is 12.7. The number of methoxy groups -OCH3 is 1. The fraction of sp³-hybridized carbons (Fsp3) is 0.160. The van der Waals surface area contributed by atoms with Crippen molar-refractivity contribution in [1.29, 1.82) is 0 Å². The van der Waals surface area contributed by atoms with Crippen LogP contribution in [0.4, 0.5) is 0 Å². The lowest BCUT2D eigenvalue weighted by atomic mass is 10.1. The van der Waals surface area contributed by atoms with E-state index in [2.05, 4.69) is 0 Å². The van der Waals surface area contributed by atoms with Crippen LogP contribution in [0.2, 0.25) is 0 Å². The highest BCUT2D eigenvalue weighted by molar-refractivity contribution is 6.14. The number of carbonyl (C=O) groups is 1. The van der Waals surface area contributed by atoms with Crippen LogP contribution in [0.3, 0.4) is 0 Å². The van der Waals surface area contributed by atoms with Crippen LogP contribution in [0.1, 0.15) is 32.6 Å². The predicted octanol–water partition coefficient (Wildman–Crippen LogP) is 5.51. The van der Waals surface area contributed by atoms with Crippen molar-refractivity contribution >= 4 is 11.9 Å². The van der Waals surface area contributed by atoms with Gasteiger partial charge in [0.05, 0.1) is 12.7 Å². The molecule has 0 fully saturated rings. The van der Waals surface area contributed by atoms with E-state index in [1.165, 1.54) is 5.56 Å². The van der Waals surface area contributed by atoms with Crippen LogP contribution in [0.25, 0.3) is 6.08 Å². The minimum absolute atomic E-state index is 0.111. The number of aryl methyl sites for hydroxylation is 1. The summed E-state index contributed by atoms with van der Waals surface area (Å²) in [6.07, 6.45) is 1.77. The molecule has 0 bridgehead atoms. The Kier molecular flexibility index (Phi) is 5.09. The third kappa shape index (κ3) is 3.74. The fourth-order valence-electron chi connectivity index (χ4n) is 3.32. The largest absolute Gasteiger partial charge is 0.496 e. The molecule has 1 aliphatic rings. The number of carbonyl (C=O) groups excluding carboxylic acids is 1. The molecule has 4 nitrogen and oxygen atoms in total. The summed E-state index contributed by atoms with van der Waals surface area (Å²) >= 11 is 0. The maximum Gasteiger partial charge on any atom is 0.231 e. The van der Waals surface area contributed by atoms with Crippen molar-refractivity contribution in [3.05, 3.63) is 94.2 Å². The van der Waals surface area contributed by atoms with Gasteiger partial charge in [-0.15, -0.1) is 0 Å². The minimum Gasteiger partial charge on any atom is -0.496 e. The molecule has 4 heteroatoms. The number of benzene rings is 3. The van der Waals surface area contributed by atoms with Gasteiger partial charge in [0.2, 0.25) is 5.78 Å². The van der Waals surface area contributed by atoms with Gasteiger partial charge < -0.3 is 14.2 Å². The average Bonchev–Trinajstić information content (AvgIpc) is 3.06. The van der Waals surface area contributed by atoms with Crippen LogP contribution < -0.4 is 14.2 Å². The van der Waals surface area contributed by atoms with E-state index in [0.29, 0.717) is 29.4 Å². The van der Waals surface area contributed by atoms with Crippen LogP contribution >= 0.6 is 0 Å². The van der Waals surface area contributed by atoms with Gasteiger partial charge in [-0.3, -0.25) is 4.79 Å². The molecule has 0 radical (unpaired) electrons. The second-order valence-electron chi connectivity index (χ2n) is 7.02. The van der Waals surface area contributed by atoms with Gasteiger partial charge in [0, 0.05) is 11.1 Å². The number of allylic oxidation sites excluding steroid dienone is 1. The summed E-state index contributed by atoms with van der Waals surface area (Å²) in [7, 11) is 1.64. The zero-order chi connectivity index (χ0) is 20.4. The zero-order valence-electron chi connectivity index (χ0n) is 16.7. The van der Waals surface area contributed by atoms with E-state index in [0.717, 1.165) is 22.4 Å². The molecule has 0 N–H and O–H groups in total. The van der Waals surface area contributed by atoms with Crippen LogP contribution in [0, 0.1) is 13.8 Å². The van der Waals surface area contributed by atoms with Gasteiger partial charge in [0.1, 0.15) is 23.9 Å². The van der Waals surface area contributed by atoms with Crippen molar-refractivity contribution in [3.8, 4) is 17.2 Å². The monoisotopic (exact) mass is 386 g/mol. The number of ketones is 1. The molecule has 0 spiro atoms. The van der Waals surface area contributed by atoms with Gasteiger partial charge >= 0.3 is 0 Å². The lowest BCUT2D eigenvalue weighted by Gasteiger charge is -2.13. The zero-order valence-corrected chi connectivity index (χ0v) is 16.7. The molecule has 0 saturated carbocycles. The van der Waals surface area contributed by atoms with Gasteiger partial charge in [0.15, 0.2) is 5.76 Å². The van der Waals surface area contributed by atoms with Crippen molar-refractivity contribution in [2.24, 2.45) is 0 Å². The molecular formula is C25H22O4. The van der Waals surface area contributed by atoms with Gasteiger partial charge in [-0.1, -0.05) is 48.0 Å². The highest BCUT2D eigenvalue weighted by atomic mass is 16.5. The molecule has 0 aromatic heterocycles. The number of hydrogen-bond donors (Lipinski definition) is 0. The Morgan fingerprint density at radius 3 is 2.45 bits per heavy atom. The molecule has 0 atom stereocenters. The van der Waals surface area contributed by atoms with Gasteiger partial charge in [-0.2, -0.15) is 0 Å². The number of rotatable bonds is 5. The Morgan fingerprint density at radius 2 is 1.69 bits per heavy atom. The molecule has 0 unspecified atom stereocenters. The molecular weight excluding hydrogens is 364 g/mol. The second kappa shape index (κ2) is 7.84. The summed E-state index contributed by atoms with van der Waals surface area (Å²) in [5.74, 6) is 2.24. The highest BCUT2D eigenvalue weighted by Crippen LogP contribution is 2.39. The Bertz CT molecular complexity index is 1090. The van der Waals surface area contributed by atoms with Crippen LogP contribution in [0.15, 0.2) is 66.4 Å². The molecule has 0 aliphatic carbocycles. The first kappa shape index (κ1) is 18.8. The first-order valence-electron chi connectivity index (χ1n) is 9.46. The van der Waals surface area contributed by atoms with E-state index in [1.54, 1.807) is 19.3 Å². The first-order chi connectivity index (χ1) is 14.1. The lowest BCUT2D eigenvalue weighted by molar-refractivity contribution is 0.101. The van der Waals surface area contributed by atoms with Gasteiger partial charge in [-0.25, -0.2) is 0 Å². The Hall–Kier alpha value is -3.53. The van der Waals surface area contributed by atoms with Crippen molar-refractivity contribution in [2.75, 3.05) is 7.11 Å². The van der Waals surface area contributed by atoms with E-state index >= 15 is 0 Å². The molecule has 3 aromatic carbocycles.